The molecule has 1 amide bonds. The molecule has 7 nitrogen and oxygen atoms in total. The Kier molecular flexibility index (Phi) is 5.49. The molecule has 2 rings (SSSR count). The SMILES string of the molecule is Cc1cccc(C(=O)Nc2ccc(N(C)CCO)cc2)c1[N+](=O)[O-]. The lowest BCUT2D eigenvalue weighted by molar-refractivity contribution is -0.385. The summed E-state index contributed by atoms with van der Waals surface area (Å²) in [5, 5.41) is 22.8. The van der Waals surface area contributed by atoms with Crippen molar-refractivity contribution < 1.29 is 14.8 Å². The minimum atomic E-state index is -0.544. The molecule has 0 aliphatic rings. The second-order valence-corrected chi connectivity index (χ2v) is 5.37. The molecule has 0 saturated carbocycles. The predicted molar refractivity (Wildman–Crippen MR) is 92.6 cm³/mol. The van der Waals surface area contributed by atoms with Crippen LogP contribution in [0.4, 0.5) is 17.1 Å². The number of para-hydroxylation sites is 1. The summed E-state index contributed by atoms with van der Waals surface area (Å²) in [6.45, 7) is 2.15. The third-order valence-corrected chi connectivity index (χ3v) is 3.67. The zero-order chi connectivity index (χ0) is 17.7. The number of carbonyl (C=O) groups excluding carboxylic acids is 1. The quantitative estimate of drug-likeness (QED) is 0.627. The number of nitro groups is 1. The lowest BCUT2D eigenvalue weighted by atomic mass is 10.1. The predicted octanol–water partition coefficient (Wildman–Crippen LogP) is 2.58. The number of nitro benzene ring substituents is 1. The van der Waals surface area contributed by atoms with E-state index in [9.17, 15) is 14.9 Å². The molecule has 24 heavy (non-hydrogen) atoms. The number of aryl methyl sites for hydroxylation is 1. The van der Waals surface area contributed by atoms with Crippen LogP contribution in [0.15, 0.2) is 42.5 Å². The van der Waals surface area contributed by atoms with Gasteiger partial charge in [-0.25, -0.2) is 0 Å². The fourth-order valence-electron chi connectivity index (χ4n) is 2.36. The molecular weight excluding hydrogens is 310 g/mol. The smallest absolute Gasteiger partial charge is 0.285 e. The molecule has 0 aliphatic carbocycles. The molecule has 0 bridgehead atoms. The topological polar surface area (TPSA) is 95.7 Å². The molecule has 2 aromatic rings. The van der Waals surface area contributed by atoms with Crippen LogP contribution in [0.25, 0.3) is 0 Å². The molecule has 0 spiro atoms. The Hall–Kier alpha value is -2.93. The minimum absolute atomic E-state index is 0.0291. The number of hydrogen-bond donors (Lipinski definition) is 2. The van der Waals surface area contributed by atoms with Gasteiger partial charge in [0.1, 0.15) is 5.56 Å². The van der Waals surface area contributed by atoms with E-state index in [1.54, 1.807) is 43.3 Å². The standard InChI is InChI=1S/C17H19N3O4/c1-12-4-3-5-15(16(12)20(23)24)17(22)18-13-6-8-14(9-7-13)19(2)10-11-21/h3-9,21H,10-11H2,1-2H3,(H,18,22). The van der Waals surface area contributed by atoms with E-state index in [-0.39, 0.29) is 17.9 Å². The van der Waals surface area contributed by atoms with Crippen LogP contribution in [0, 0.1) is 17.0 Å². The number of nitrogens with one attached hydrogen (secondary N) is 1. The van der Waals surface area contributed by atoms with E-state index in [2.05, 4.69) is 5.32 Å². The molecule has 0 unspecified atom stereocenters. The highest BCUT2D eigenvalue weighted by atomic mass is 16.6. The third kappa shape index (κ3) is 3.88. The number of amides is 1. The lowest BCUT2D eigenvalue weighted by Gasteiger charge is -2.18. The third-order valence-electron chi connectivity index (χ3n) is 3.67. The summed E-state index contributed by atoms with van der Waals surface area (Å²) in [5.74, 6) is -0.526. The number of aliphatic hydroxyl groups excluding tert-OH is 1. The van der Waals surface area contributed by atoms with Gasteiger partial charge >= 0.3 is 0 Å². The summed E-state index contributed by atoms with van der Waals surface area (Å²) in [4.78, 5) is 24.9. The first kappa shape index (κ1) is 17.4. The van der Waals surface area contributed by atoms with E-state index in [0.29, 0.717) is 17.8 Å². The Bertz CT molecular complexity index is 744. The fourth-order valence-corrected chi connectivity index (χ4v) is 2.36. The average molecular weight is 329 g/mol. The van der Waals surface area contributed by atoms with Gasteiger partial charge in [-0.1, -0.05) is 12.1 Å². The van der Waals surface area contributed by atoms with Gasteiger partial charge in [0.15, 0.2) is 0 Å². The van der Waals surface area contributed by atoms with E-state index in [4.69, 9.17) is 5.11 Å². The van der Waals surface area contributed by atoms with Crippen molar-refractivity contribution >= 4 is 23.0 Å². The van der Waals surface area contributed by atoms with Crippen LogP contribution >= 0.6 is 0 Å². The molecule has 0 aliphatic heterocycles. The highest BCUT2D eigenvalue weighted by molar-refractivity contribution is 6.07. The van der Waals surface area contributed by atoms with Gasteiger partial charge in [-0.05, 0) is 37.3 Å². The maximum absolute atomic E-state index is 12.4. The van der Waals surface area contributed by atoms with Gasteiger partial charge in [0.25, 0.3) is 11.6 Å². The highest BCUT2D eigenvalue weighted by Crippen LogP contribution is 2.24. The van der Waals surface area contributed by atoms with Gasteiger partial charge in [-0.2, -0.15) is 0 Å². The van der Waals surface area contributed by atoms with Crippen molar-refractivity contribution in [2.75, 3.05) is 30.4 Å². The van der Waals surface area contributed by atoms with Gasteiger partial charge in [-0.3, -0.25) is 14.9 Å². The number of carbonyl (C=O) groups is 1. The van der Waals surface area contributed by atoms with Gasteiger partial charge in [0, 0.05) is 30.5 Å². The van der Waals surface area contributed by atoms with Crippen molar-refractivity contribution in [2.45, 2.75) is 6.92 Å². The molecule has 0 saturated heterocycles. The second-order valence-electron chi connectivity index (χ2n) is 5.37. The van der Waals surface area contributed by atoms with Crippen molar-refractivity contribution in [1.82, 2.24) is 0 Å². The zero-order valence-corrected chi connectivity index (χ0v) is 13.5. The van der Waals surface area contributed by atoms with E-state index >= 15 is 0 Å². The van der Waals surface area contributed by atoms with Gasteiger partial charge in [0.2, 0.25) is 0 Å². The van der Waals surface area contributed by atoms with E-state index in [0.717, 1.165) is 5.69 Å². The van der Waals surface area contributed by atoms with Crippen LogP contribution in [-0.4, -0.2) is 36.1 Å². The molecule has 0 fully saturated rings. The van der Waals surface area contributed by atoms with E-state index in [1.165, 1.54) is 6.07 Å². The summed E-state index contributed by atoms with van der Waals surface area (Å²) < 4.78 is 0. The number of hydrogen-bond acceptors (Lipinski definition) is 5. The molecule has 2 aromatic carbocycles. The van der Waals surface area contributed by atoms with Crippen LogP contribution in [0.3, 0.4) is 0 Å². The van der Waals surface area contributed by atoms with Crippen LogP contribution < -0.4 is 10.2 Å². The maximum atomic E-state index is 12.4. The average Bonchev–Trinajstić information content (AvgIpc) is 2.55. The fraction of sp³-hybridized carbons (Fsp3) is 0.235. The van der Waals surface area contributed by atoms with Crippen molar-refractivity contribution in [1.29, 1.82) is 0 Å². The van der Waals surface area contributed by atoms with E-state index in [1.807, 2.05) is 11.9 Å². The number of nitrogens with zero attached hydrogens (tertiary/aromatic N) is 2. The molecular formula is C17H19N3O4. The summed E-state index contributed by atoms with van der Waals surface area (Å²) in [6.07, 6.45) is 0. The number of aliphatic hydroxyl groups is 1. The molecule has 0 heterocycles. The Morgan fingerprint density at radius 3 is 2.50 bits per heavy atom. The Morgan fingerprint density at radius 2 is 1.92 bits per heavy atom. The van der Waals surface area contributed by atoms with Gasteiger partial charge in [0.05, 0.1) is 11.5 Å². The zero-order valence-electron chi connectivity index (χ0n) is 13.5. The number of anilines is 2. The first-order chi connectivity index (χ1) is 11.4. The minimum Gasteiger partial charge on any atom is -0.395 e. The van der Waals surface area contributed by atoms with Crippen LogP contribution in [0.2, 0.25) is 0 Å². The lowest BCUT2D eigenvalue weighted by Crippen LogP contribution is -2.21. The molecule has 0 radical (unpaired) electrons. The summed E-state index contributed by atoms with van der Waals surface area (Å²) in [5.41, 5.74) is 1.71. The first-order valence-electron chi connectivity index (χ1n) is 7.41. The largest absolute Gasteiger partial charge is 0.395 e. The normalized spacial score (nSPS) is 10.3. The number of benzene rings is 2. The van der Waals surface area contributed by atoms with Crippen molar-refractivity contribution in [3.05, 3.63) is 63.7 Å². The van der Waals surface area contributed by atoms with Gasteiger partial charge < -0.3 is 15.3 Å². The van der Waals surface area contributed by atoms with Crippen LogP contribution in [0.5, 0.6) is 0 Å². The summed E-state index contributed by atoms with van der Waals surface area (Å²) >= 11 is 0. The molecule has 0 atom stereocenters. The summed E-state index contributed by atoms with van der Waals surface area (Å²) in [6, 6.07) is 11.7. The van der Waals surface area contributed by atoms with Crippen molar-refractivity contribution in [3.63, 3.8) is 0 Å². The summed E-state index contributed by atoms with van der Waals surface area (Å²) in [7, 11) is 1.85. The first-order valence-corrected chi connectivity index (χ1v) is 7.41. The Balaban J connectivity index is 2.19. The molecule has 0 aromatic heterocycles. The van der Waals surface area contributed by atoms with Crippen LogP contribution in [-0.2, 0) is 0 Å². The number of likely N-dealkylation sites (N-methyl/N-ethyl adjacent to an activating group) is 1. The van der Waals surface area contributed by atoms with Crippen molar-refractivity contribution in [2.24, 2.45) is 0 Å². The van der Waals surface area contributed by atoms with Gasteiger partial charge in [-0.15, -0.1) is 0 Å². The van der Waals surface area contributed by atoms with Crippen LogP contribution in [0.1, 0.15) is 15.9 Å². The molecule has 7 heteroatoms. The molecule has 126 valence electrons. The Labute approximate surface area is 139 Å². The second kappa shape index (κ2) is 7.56. The van der Waals surface area contributed by atoms with E-state index < -0.39 is 10.8 Å². The maximum Gasteiger partial charge on any atom is 0.285 e. The highest BCUT2D eigenvalue weighted by Gasteiger charge is 2.22. The number of rotatable bonds is 6. The monoisotopic (exact) mass is 329 g/mol. The molecule has 2 N–H and O–H groups in total. The van der Waals surface area contributed by atoms with Crippen molar-refractivity contribution in [3.8, 4) is 0 Å². The Morgan fingerprint density at radius 1 is 1.25 bits per heavy atom.